The summed E-state index contributed by atoms with van der Waals surface area (Å²) in [6, 6.07) is 0. The van der Waals surface area contributed by atoms with Crippen molar-refractivity contribution < 1.29 is 9.63 Å². The van der Waals surface area contributed by atoms with Gasteiger partial charge in [0.05, 0.1) is 0 Å². The Morgan fingerprint density at radius 1 is 2.00 bits per heavy atom. The van der Waals surface area contributed by atoms with Gasteiger partial charge < -0.3 is 10.2 Å². The fourth-order valence-corrected chi connectivity index (χ4v) is 0.560. The highest BCUT2D eigenvalue weighted by atomic mass is 16.6. The van der Waals surface area contributed by atoms with Crippen molar-refractivity contribution in [2.45, 2.75) is 12.5 Å². The van der Waals surface area contributed by atoms with Gasteiger partial charge in [-0.1, -0.05) is 5.16 Å². The van der Waals surface area contributed by atoms with Gasteiger partial charge in [0.2, 0.25) is 6.10 Å². The first kappa shape index (κ1) is 6.07. The van der Waals surface area contributed by atoms with Crippen molar-refractivity contribution in [1.82, 2.24) is 5.32 Å². The van der Waals surface area contributed by atoms with Crippen LogP contribution in [0.3, 0.4) is 0 Å². The van der Waals surface area contributed by atoms with E-state index in [2.05, 4.69) is 21.5 Å². The molecule has 0 fully saturated rings. The monoisotopic (exact) mass is 127 g/mol. The average molecular weight is 127 g/mol. The first-order valence-corrected chi connectivity index (χ1v) is 2.65. The zero-order valence-corrected chi connectivity index (χ0v) is 5.05. The number of nitrogens with one attached hydrogen (secondary N) is 1. The van der Waals surface area contributed by atoms with Crippen molar-refractivity contribution in [3.05, 3.63) is 0 Å². The third-order valence-corrected chi connectivity index (χ3v) is 1.06. The summed E-state index contributed by atoms with van der Waals surface area (Å²) in [5.74, 6) is -0.149. The molecule has 4 nitrogen and oxygen atoms in total. The zero-order valence-electron chi connectivity index (χ0n) is 5.05. The van der Waals surface area contributed by atoms with Gasteiger partial charge in [-0.25, -0.2) is 0 Å². The molecule has 1 rings (SSSR count). The number of rotatable bonds is 1. The van der Waals surface area contributed by atoms with Crippen LogP contribution in [-0.2, 0) is 9.63 Å². The maximum absolute atomic E-state index is 10.7. The van der Waals surface area contributed by atoms with Gasteiger partial charge in [0, 0.05) is 13.5 Å². The van der Waals surface area contributed by atoms with Crippen LogP contribution in [0.1, 0.15) is 6.42 Å². The fraction of sp³-hybridized carbons (Fsp3) is 0.600. The van der Waals surface area contributed by atoms with E-state index in [9.17, 15) is 4.79 Å². The highest BCUT2D eigenvalue weighted by Crippen LogP contribution is 2.03. The lowest BCUT2D eigenvalue weighted by molar-refractivity contribution is -0.130. The van der Waals surface area contributed by atoms with Gasteiger partial charge >= 0.3 is 0 Å². The molecule has 0 bridgehead atoms. The topological polar surface area (TPSA) is 50.7 Å². The van der Waals surface area contributed by atoms with E-state index >= 15 is 0 Å². The van der Waals surface area contributed by atoms with Crippen LogP contribution >= 0.6 is 0 Å². The Balaban J connectivity index is 2.36. The molecule has 0 aromatic heterocycles. The summed E-state index contributed by atoms with van der Waals surface area (Å²) in [7, 11) is 1.56. The van der Waals surface area contributed by atoms with E-state index in [-0.39, 0.29) is 5.91 Å². The molecule has 1 atom stereocenters. The molecule has 0 spiro atoms. The predicted octanol–water partition coefficient (Wildman–Crippen LogP) is -0.616. The van der Waals surface area contributed by atoms with Crippen molar-refractivity contribution in [3.63, 3.8) is 0 Å². The highest BCUT2D eigenvalue weighted by Gasteiger charge is 2.21. The molecule has 0 aromatic rings. The Hall–Kier alpha value is -1.06. The molecule has 1 radical (unpaired) electrons. The maximum atomic E-state index is 10.7. The number of carbonyl (C=O) groups is 1. The number of hydrogen-bond acceptors (Lipinski definition) is 3. The number of nitrogens with zero attached hydrogens (tertiary/aromatic N) is 1. The minimum Gasteiger partial charge on any atom is -0.382 e. The van der Waals surface area contributed by atoms with Crippen LogP contribution < -0.4 is 5.32 Å². The van der Waals surface area contributed by atoms with Crippen LogP contribution in [0.25, 0.3) is 0 Å². The third-order valence-electron chi connectivity index (χ3n) is 1.06. The van der Waals surface area contributed by atoms with Crippen molar-refractivity contribution in [3.8, 4) is 0 Å². The molecule has 1 aliphatic rings. The molecule has 1 heterocycles. The first-order chi connectivity index (χ1) is 4.34. The molecule has 4 heteroatoms. The van der Waals surface area contributed by atoms with Gasteiger partial charge in [-0.2, -0.15) is 0 Å². The smallest absolute Gasteiger partial charge is 0.264 e. The largest absolute Gasteiger partial charge is 0.382 e. The molecule has 9 heavy (non-hydrogen) atoms. The average Bonchev–Trinajstić information content (AvgIpc) is 2.37. The number of hydrogen-bond donors (Lipinski definition) is 1. The Morgan fingerprint density at radius 3 is 3.22 bits per heavy atom. The van der Waals surface area contributed by atoms with Crippen LogP contribution in [0.4, 0.5) is 0 Å². The van der Waals surface area contributed by atoms with Gasteiger partial charge in [-0.3, -0.25) is 4.79 Å². The van der Waals surface area contributed by atoms with E-state index in [0.717, 1.165) is 0 Å². The summed E-state index contributed by atoms with van der Waals surface area (Å²) < 4.78 is 0. The lowest BCUT2D eigenvalue weighted by Gasteiger charge is -2.03. The van der Waals surface area contributed by atoms with Gasteiger partial charge in [-0.15, -0.1) is 0 Å². The molecular formula is C5H7N2O2. The summed E-state index contributed by atoms with van der Waals surface area (Å²) >= 11 is 0. The SMILES string of the molecule is CNC(=O)C1C[C]=NO1. The van der Waals surface area contributed by atoms with Crippen molar-refractivity contribution in [2.24, 2.45) is 5.16 Å². The fourth-order valence-electron chi connectivity index (χ4n) is 0.560. The zero-order chi connectivity index (χ0) is 6.69. The van der Waals surface area contributed by atoms with Gasteiger partial charge in [0.1, 0.15) is 6.21 Å². The molecular weight excluding hydrogens is 120 g/mol. The molecule has 1 aliphatic heterocycles. The molecule has 1 amide bonds. The molecule has 0 saturated carbocycles. The number of likely N-dealkylation sites (N-methyl/N-ethyl adjacent to an activating group) is 1. The number of carbonyl (C=O) groups excluding carboxylic acids is 1. The molecule has 0 saturated heterocycles. The standard InChI is InChI=1S/C5H7N2O2/c1-6-5(8)4-2-3-7-9-4/h4H,2H2,1H3,(H,6,8). The Bertz CT molecular complexity index is 136. The van der Waals surface area contributed by atoms with E-state index in [4.69, 9.17) is 0 Å². The van der Waals surface area contributed by atoms with Gasteiger partial charge in [0.25, 0.3) is 5.91 Å². The summed E-state index contributed by atoms with van der Waals surface area (Å²) in [6.45, 7) is 0. The Labute approximate surface area is 52.9 Å². The molecule has 1 N–H and O–H groups in total. The minimum atomic E-state index is -0.449. The van der Waals surface area contributed by atoms with Crippen LogP contribution in [0.2, 0.25) is 0 Å². The van der Waals surface area contributed by atoms with Crippen molar-refractivity contribution in [2.75, 3.05) is 7.05 Å². The van der Waals surface area contributed by atoms with Gasteiger partial charge in [-0.05, 0) is 0 Å². The summed E-state index contributed by atoms with van der Waals surface area (Å²) in [5.41, 5.74) is 0. The van der Waals surface area contributed by atoms with Crippen LogP contribution in [0, 0.1) is 0 Å². The second-order valence-corrected chi connectivity index (χ2v) is 1.66. The predicted molar refractivity (Wildman–Crippen MR) is 31.0 cm³/mol. The lowest BCUT2D eigenvalue weighted by Crippen LogP contribution is -2.31. The third kappa shape index (κ3) is 1.19. The van der Waals surface area contributed by atoms with E-state index in [1.54, 1.807) is 7.05 Å². The first-order valence-electron chi connectivity index (χ1n) is 2.65. The van der Waals surface area contributed by atoms with Crippen LogP contribution in [0.15, 0.2) is 5.16 Å². The quantitative estimate of drug-likeness (QED) is 0.510. The molecule has 0 aromatic carbocycles. The van der Waals surface area contributed by atoms with E-state index < -0.39 is 6.10 Å². The van der Waals surface area contributed by atoms with Crippen molar-refractivity contribution >= 4 is 12.1 Å². The molecule has 1 unspecified atom stereocenters. The summed E-state index contributed by atoms with van der Waals surface area (Å²) in [4.78, 5) is 15.3. The van der Waals surface area contributed by atoms with Crippen molar-refractivity contribution in [1.29, 1.82) is 0 Å². The molecule has 49 valence electrons. The maximum Gasteiger partial charge on any atom is 0.264 e. The minimum absolute atomic E-state index is 0.149. The molecule has 0 aliphatic carbocycles. The highest BCUT2D eigenvalue weighted by molar-refractivity contribution is 5.84. The van der Waals surface area contributed by atoms with E-state index in [1.807, 2.05) is 0 Å². The second kappa shape index (κ2) is 2.48. The Morgan fingerprint density at radius 2 is 2.78 bits per heavy atom. The van der Waals surface area contributed by atoms with E-state index in [1.165, 1.54) is 0 Å². The van der Waals surface area contributed by atoms with Crippen LogP contribution in [-0.4, -0.2) is 25.3 Å². The summed E-state index contributed by atoms with van der Waals surface area (Å²) in [6.07, 6.45) is 2.54. The normalized spacial score (nSPS) is 23.4. The second-order valence-electron chi connectivity index (χ2n) is 1.66. The van der Waals surface area contributed by atoms with Crippen LogP contribution in [0.5, 0.6) is 0 Å². The Kier molecular flexibility index (Phi) is 1.67. The van der Waals surface area contributed by atoms with E-state index in [0.29, 0.717) is 6.42 Å². The summed E-state index contributed by atoms with van der Waals surface area (Å²) in [5, 5.41) is 5.77. The van der Waals surface area contributed by atoms with Gasteiger partial charge in [0.15, 0.2) is 0 Å². The lowest BCUT2D eigenvalue weighted by atomic mass is 10.3. The number of amides is 1.